The van der Waals surface area contributed by atoms with Crippen molar-refractivity contribution >= 4 is 11.6 Å². The molecule has 2 aliphatic rings. The topological polar surface area (TPSA) is 78.6 Å². The van der Waals surface area contributed by atoms with Crippen LogP contribution in [0.15, 0.2) is 36.7 Å². The molecule has 5 heterocycles. The highest BCUT2D eigenvalue weighted by atomic mass is 15.3. The molecule has 2 atom stereocenters. The van der Waals surface area contributed by atoms with Crippen molar-refractivity contribution in [2.24, 2.45) is 5.92 Å². The summed E-state index contributed by atoms with van der Waals surface area (Å²) in [6.45, 7) is 14.8. The van der Waals surface area contributed by atoms with Crippen LogP contribution in [0.3, 0.4) is 0 Å². The summed E-state index contributed by atoms with van der Waals surface area (Å²) in [5, 5.41) is 4.53. The van der Waals surface area contributed by atoms with Gasteiger partial charge in [-0.25, -0.2) is 14.5 Å². The zero-order valence-electron chi connectivity index (χ0n) is 23.8. The molecule has 0 unspecified atom stereocenters. The Morgan fingerprint density at radius 2 is 1.74 bits per heavy atom. The van der Waals surface area contributed by atoms with Gasteiger partial charge in [-0.3, -0.25) is 9.88 Å². The van der Waals surface area contributed by atoms with E-state index in [1.807, 2.05) is 23.8 Å². The Morgan fingerprint density at radius 3 is 2.49 bits per heavy atom. The predicted molar refractivity (Wildman–Crippen MR) is 154 cm³/mol. The fraction of sp³-hybridized carbons (Fsp3) is 0.500. The van der Waals surface area contributed by atoms with Gasteiger partial charge in [0.1, 0.15) is 11.6 Å². The number of rotatable bonds is 6. The van der Waals surface area contributed by atoms with E-state index in [-0.39, 0.29) is 0 Å². The van der Waals surface area contributed by atoms with E-state index >= 15 is 0 Å². The van der Waals surface area contributed by atoms with Gasteiger partial charge >= 0.3 is 0 Å². The van der Waals surface area contributed by atoms with Crippen LogP contribution < -0.4 is 4.90 Å². The minimum Gasteiger partial charge on any atom is -0.355 e. The first-order chi connectivity index (χ1) is 18.8. The SMILES string of the molecule is Cc1nc2nc(C)c(C[C@@H]3CCN(c4cnc(-c5ccc(CN6CCN(C)C[C@@H]6C)cc5)cn4)C3)c(C)n2n1. The van der Waals surface area contributed by atoms with Gasteiger partial charge in [0.15, 0.2) is 0 Å². The molecule has 4 aromatic rings. The second-order valence-corrected chi connectivity index (χ2v) is 11.5. The molecule has 9 heteroatoms. The maximum Gasteiger partial charge on any atom is 0.252 e. The lowest BCUT2D eigenvalue weighted by Gasteiger charge is -2.38. The van der Waals surface area contributed by atoms with Crippen LogP contribution in [0, 0.1) is 26.7 Å². The molecule has 9 nitrogen and oxygen atoms in total. The molecule has 0 amide bonds. The van der Waals surface area contributed by atoms with Gasteiger partial charge < -0.3 is 9.80 Å². The normalized spacial score (nSPS) is 20.8. The second kappa shape index (κ2) is 10.6. The van der Waals surface area contributed by atoms with E-state index in [1.165, 1.54) is 11.1 Å². The second-order valence-electron chi connectivity index (χ2n) is 11.5. The molecule has 2 aliphatic heterocycles. The Hall–Kier alpha value is -3.43. The fourth-order valence-corrected chi connectivity index (χ4v) is 6.16. The molecule has 0 N–H and O–H groups in total. The fourth-order valence-electron chi connectivity index (χ4n) is 6.16. The monoisotopic (exact) mass is 525 g/mol. The number of likely N-dealkylation sites (N-methyl/N-ethyl adjacent to an activating group) is 1. The first-order valence-corrected chi connectivity index (χ1v) is 14.1. The molecule has 0 aliphatic carbocycles. The van der Waals surface area contributed by atoms with Gasteiger partial charge in [-0.2, -0.15) is 10.1 Å². The highest BCUT2D eigenvalue weighted by molar-refractivity contribution is 5.59. The van der Waals surface area contributed by atoms with Crippen LogP contribution in [-0.2, 0) is 13.0 Å². The number of piperazine rings is 1. The van der Waals surface area contributed by atoms with Crippen molar-refractivity contribution in [3.8, 4) is 11.3 Å². The van der Waals surface area contributed by atoms with Gasteiger partial charge in [-0.05, 0) is 64.6 Å². The summed E-state index contributed by atoms with van der Waals surface area (Å²) in [5.41, 5.74) is 6.86. The Kier molecular flexibility index (Phi) is 7.03. The van der Waals surface area contributed by atoms with Crippen LogP contribution >= 0.6 is 0 Å². The Morgan fingerprint density at radius 1 is 0.923 bits per heavy atom. The highest BCUT2D eigenvalue weighted by Gasteiger charge is 2.26. The van der Waals surface area contributed by atoms with Gasteiger partial charge in [0.25, 0.3) is 5.78 Å². The van der Waals surface area contributed by atoms with Crippen LogP contribution in [0.25, 0.3) is 17.0 Å². The minimum atomic E-state index is 0.545. The molecular formula is C30H39N9. The summed E-state index contributed by atoms with van der Waals surface area (Å²) < 4.78 is 1.88. The Labute approximate surface area is 230 Å². The number of aryl methyl sites for hydroxylation is 3. The van der Waals surface area contributed by atoms with E-state index in [4.69, 9.17) is 15.0 Å². The van der Waals surface area contributed by atoms with E-state index in [0.29, 0.717) is 17.7 Å². The molecule has 0 saturated carbocycles. The molecule has 39 heavy (non-hydrogen) atoms. The maximum absolute atomic E-state index is 4.81. The number of anilines is 1. The first kappa shape index (κ1) is 25.8. The zero-order valence-corrected chi connectivity index (χ0v) is 23.8. The van der Waals surface area contributed by atoms with Crippen molar-refractivity contribution in [3.05, 3.63) is 65.0 Å². The molecule has 204 valence electrons. The lowest BCUT2D eigenvalue weighted by molar-refractivity contribution is 0.0938. The minimum absolute atomic E-state index is 0.545. The third-order valence-corrected chi connectivity index (χ3v) is 8.50. The summed E-state index contributed by atoms with van der Waals surface area (Å²) in [4.78, 5) is 26.1. The number of hydrogen-bond acceptors (Lipinski definition) is 8. The average Bonchev–Trinajstić information content (AvgIpc) is 3.55. The van der Waals surface area contributed by atoms with Crippen molar-refractivity contribution in [1.29, 1.82) is 0 Å². The predicted octanol–water partition coefficient (Wildman–Crippen LogP) is 3.71. The quantitative estimate of drug-likeness (QED) is 0.377. The summed E-state index contributed by atoms with van der Waals surface area (Å²) in [6, 6.07) is 9.41. The van der Waals surface area contributed by atoms with Crippen molar-refractivity contribution in [2.45, 2.75) is 53.1 Å². The van der Waals surface area contributed by atoms with Gasteiger partial charge in [0.2, 0.25) is 0 Å². The molecular weight excluding hydrogens is 486 g/mol. The number of aromatic nitrogens is 6. The summed E-state index contributed by atoms with van der Waals surface area (Å²) in [7, 11) is 2.21. The van der Waals surface area contributed by atoms with Crippen LogP contribution in [0.1, 0.15) is 41.7 Å². The summed E-state index contributed by atoms with van der Waals surface area (Å²) in [5.74, 6) is 2.94. The molecule has 0 spiro atoms. The molecule has 3 aromatic heterocycles. The smallest absolute Gasteiger partial charge is 0.252 e. The molecule has 2 fully saturated rings. The van der Waals surface area contributed by atoms with Crippen molar-refractivity contribution in [1.82, 2.24) is 39.3 Å². The number of benzene rings is 1. The highest BCUT2D eigenvalue weighted by Crippen LogP contribution is 2.28. The van der Waals surface area contributed by atoms with Crippen LogP contribution in [0.5, 0.6) is 0 Å². The van der Waals surface area contributed by atoms with E-state index in [0.717, 1.165) is 86.4 Å². The van der Waals surface area contributed by atoms with Crippen molar-refractivity contribution in [2.75, 3.05) is 44.7 Å². The standard InChI is InChI=1S/C30H39N9/c1-20-17-36(5)12-13-37(20)18-24-6-8-26(9-7-24)28-15-32-29(16-31-28)38-11-10-25(19-38)14-27-21(2)33-30-34-23(4)35-39(30)22(27)3/h6-9,15-16,20,25H,10-14,17-19H2,1-5H3/t20-,25-/m0/s1. The van der Waals surface area contributed by atoms with Gasteiger partial charge in [-0.15, -0.1) is 0 Å². The largest absolute Gasteiger partial charge is 0.355 e. The third kappa shape index (κ3) is 5.38. The van der Waals surface area contributed by atoms with Gasteiger partial charge in [0.05, 0.1) is 18.1 Å². The van der Waals surface area contributed by atoms with Gasteiger partial charge in [0, 0.05) is 62.3 Å². The van der Waals surface area contributed by atoms with Crippen LogP contribution in [0.4, 0.5) is 5.82 Å². The van der Waals surface area contributed by atoms with E-state index in [1.54, 1.807) is 0 Å². The Bertz CT molecular complexity index is 1440. The van der Waals surface area contributed by atoms with E-state index in [2.05, 4.69) is 76.9 Å². The lowest BCUT2D eigenvalue weighted by atomic mass is 9.96. The number of nitrogens with zero attached hydrogens (tertiary/aromatic N) is 9. The molecule has 6 rings (SSSR count). The molecule has 2 saturated heterocycles. The van der Waals surface area contributed by atoms with Crippen LogP contribution in [0.2, 0.25) is 0 Å². The first-order valence-electron chi connectivity index (χ1n) is 14.1. The van der Waals surface area contributed by atoms with E-state index < -0.39 is 0 Å². The molecule has 0 radical (unpaired) electrons. The average molecular weight is 526 g/mol. The summed E-state index contributed by atoms with van der Waals surface area (Å²) in [6.07, 6.45) is 5.96. The molecule has 1 aromatic carbocycles. The molecule has 0 bridgehead atoms. The van der Waals surface area contributed by atoms with E-state index in [9.17, 15) is 0 Å². The zero-order chi connectivity index (χ0) is 27.1. The lowest BCUT2D eigenvalue weighted by Crippen LogP contribution is -2.49. The van der Waals surface area contributed by atoms with Crippen molar-refractivity contribution in [3.63, 3.8) is 0 Å². The number of fused-ring (bicyclic) bond motifs is 1. The Balaban J connectivity index is 1.08. The third-order valence-electron chi connectivity index (χ3n) is 8.50. The summed E-state index contributed by atoms with van der Waals surface area (Å²) >= 11 is 0. The maximum atomic E-state index is 4.81. The van der Waals surface area contributed by atoms with Crippen molar-refractivity contribution < 1.29 is 0 Å². The van der Waals surface area contributed by atoms with Gasteiger partial charge in [-0.1, -0.05) is 24.3 Å². The van der Waals surface area contributed by atoms with Crippen LogP contribution in [-0.4, -0.2) is 85.2 Å². The number of hydrogen-bond donors (Lipinski definition) is 0.